The van der Waals surface area contributed by atoms with Crippen LogP contribution in [0.5, 0.6) is 0 Å². The van der Waals surface area contributed by atoms with E-state index in [0.29, 0.717) is 11.1 Å². The molecule has 0 aromatic heterocycles. The van der Waals surface area contributed by atoms with E-state index in [4.69, 9.17) is 23.4 Å². The average Bonchev–Trinajstić information content (AvgIpc) is 3.25. The molecule has 0 heterocycles. The SMILES string of the molecule is [C-]#[N+]/C(=C\c1ccc(/C=C/c2ccc(N(c3ccc(/C=C/c4ccc(/C=C(\[N+]#[C-])C(=O)O)cc4)cc3)c3ccc(/C=C(\C)c4ccccc4)cc3)cc2)cc1)C(=O)O. The van der Waals surface area contributed by atoms with E-state index in [1.807, 2.05) is 66.8 Å². The van der Waals surface area contributed by atoms with Gasteiger partial charge in [0.15, 0.2) is 0 Å². The minimum atomic E-state index is -1.25. The lowest BCUT2D eigenvalue weighted by Crippen LogP contribution is -2.09. The second-order valence-electron chi connectivity index (χ2n) is 13.2. The molecule has 6 aromatic carbocycles. The molecule has 7 heteroatoms. The normalized spacial score (nSPS) is 11.9. The fourth-order valence-electron chi connectivity index (χ4n) is 6.06. The molecule has 2 N–H and O–H groups in total. The third kappa shape index (κ3) is 10.5. The van der Waals surface area contributed by atoms with Crippen molar-refractivity contribution in [2.24, 2.45) is 0 Å². The van der Waals surface area contributed by atoms with Gasteiger partial charge in [0, 0.05) is 17.1 Å². The molecule has 0 spiro atoms. The van der Waals surface area contributed by atoms with Gasteiger partial charge in [-0.1, -0.05) is 146 Å². The smallest absolute Gasteiger partial charge is 0.333 e. The standard InChI is InChI=1S/C51H37N3O4/c1-36(44-7-5-4-6-8-44)33-41-25-31-47(32-26-41)54(45-27-21-39(22-28-45)11-9-37-13-17-42(18-14-37)34-48(52-2)50(55)56)46-29-23-40(24-30-46)12-10-38-15-19-43(20-16-38)35-49(53-3)51(57)58/h4-35H,1H3,(H,55,56)(H,57,58)/b11-9+,12-10+,36-33+,48-34-,49-35-. The first-order chi connectivity index (χ1) is 28.2. The molecule has 7 nitrogen and oxygen atoms in total. The minimum Gasteiger partial charge on any atom is -0.486 e. The van der Waals surface area contributed by atoms with Crippen LogP contribution < -0.4 is 4.90 Å². The molecule has 6 rings (SSSR count). The number of benzene rings is 6. The topological polar surface area (TPSA) is 86.6 Å². The first-order valence-corrected chi connectivity index (χ1v) is 18.2. The van der Waals surface area contributed by atoms with Gasteiger partial charge in [0.2, 0.25) is 0 Å². The molecule has 280 valence electrons. The van der Waals surface area contributed by atoms with E-state index < -0.39 is 11.9 Å². The summed E-state index contributed by atoms with van der Waals surface area (Å²) in [4.78, 5) is 30.7. The Morgan fingerprint density at radius 3 is 1.07 bits per heavy atom. The van der Waals surface area contributed by atoms with Gasteiger partial charge in [0.25, 0.3) is 11.4 Å². The van der Waals surface area contributed by atoms with Crippen molar-refractivity contribution in [3.63, 3.8) is 0 Å². The van der Waals surface area contributed by atoms with Crippen LogP contribution in [0.25, 0.3) is 57.8 Å². The number of allylic oxidation sites excluding steroid dienone is 1. The third-order valence-electron chi connectivity index (χ3n) is 9.16. The second kappa shape index (κ2) is 18.9. The Bertz CT molecular complexity index is 2500. The molecule has 6 aromatic rings. The number of aliphatic carboxylic acids is 2. The first-order valence-electron chi connectivity index (χ1n) is 18.2. The maximum Gasteiger partial charge on any atom is 0.333 e. The highest BCUT2D eigenvalue weighted by Gasteiger charge is 2.13. The first kappa shape index (κ1) is 39.4. The molecule has 0 aliphatic rings. The van der Waals surface area contributed by atoms with Crippen LogP contribution >= 0.6 is 0 Å². The summed E-state index contributed by atoms with van der Waals surface area (Å²) < 4.78 is 0. The number of carboxylic acids is 2. The zero-order valence-electron chi connectivity index (χ0n) is 31.5. The van der Waals surface area contributed by atoms with Crippen LogP contribution in [0, 0.1) is 13.1 Å². The Morgan fingerprint density at radius 2 is 0.741 bits per heavy atom. The molecule has 0 unspecified atom stereocenters. The van der Waals surface area contributed by atoms with Crippen molar-refractivity contribution in [3.8, 4) is 0 Å². The van der Waals surface area contributed by atoms with E-state index in [1.165, 1.54) is 23.3 Å². The molecular weight excluding hydrogens is 719 g/mol. The van der Waals surface area contributed by atoms with E-state index in [0.717, 1.165) is 44.9 Å². The van der Waals surface area contributed by atoms with Crippen molar-refractivity contribution >= 4 is 77.1 Å². The number of nitrogens with zero attached hydrogens (tertiary/aromatic N) is 3. The van der Waals surface area contributed by atoms with Gasteiger partial charge in [-0.15, -0.1) is 0 Å². The summed E-state index contributed by atoms with van der Waals surface area (Å²) in [6, 6.07) is 50.1. The van der Waals surface area contributed by atoms with Crippen LogP contribution in [0.3, 0.4) is 0 Å². The van der Waals surface area contributed by atoms with Crippen molar-refractivity contribution in [2.45, 2.75) is 6.92 Å². The Kier molecular flexibility index (Phi) is 12.8. The Labute approximate surface area is 338 Å². The fourth-order valence-corrected chi connectivity index (χ4v) is 6.06. The van der Waals surface area contributed by atoms with Crippen molar-refractivity contribution in [1.29, 1.82) is 0 Å². The summed E-state index contributed by atoms with van der Waals surface area (Å²) in [5.74, 6) is -2.50. The lowest BCUT2D eigenvalue weighted by atomic mass is 10.0. The Balaban J connectivity index is 1.24. The van der Waals surface area contributed by atoms with Crippen molar-refractivity contribution in [2.75, 3.05) is 4.90 Å². The van der Waals surface area contributed by atoms with Crippen LogP contribution in [0.15, 0.2) is 163 Å². The molecule has 0 amide bonds. The van der Waals surface area contributed by atoms with E-state index in [-0.39, 0.29) is 11.4 Å². The van der Waals surface area contributed by atoms with E-state index in [2.05, 4.69) is 113 Å². The number of hydrogen-bond donors (Lipinski definition) is 2. The van der Waals surface area contributed by atoms with Gasteiger partial charge < -0.3 is 15.1 Å². The van der Waals surface area contributed by atoms with E-state index in [1.54, 1.807) is 24.3 Å². The number of carbonyl (C=O) groups is 2. The van der Waals surface area contributed by atoms with Gasteiger partial charge in [0.1, 0.15) is 0 Å². The van der Waals surface area contributed by atoms with E-state index >= 15 is 0 Å². The molecule has 0 saturated carbocycles. The largest absolute Gasteiger partial charge is 0.486 e. The number of hydrogen-bond acceptors (Lipinski definition) is 3. The Morgan fingerprint density at radius 1 is 0.448 bits per heavy atom. The molecule has 0 fully saturated rings. The number of rotatable bonds is 13. The quantitative estimate of drug-likeness (QED) is 0.0696. The summed E-state index contributed by atoms with van der Waals surface area (Å²) in [5.41, 5.74) is 10.9. The van der Waals surface area contributed by atoms with Gasteiger partial charge in [0.05, 0.1) is 13.1 Å². The van der Waals surface area contributed by atoms with Crippen LogP contribution in [0.2, 0.25) is 0 Å². The monoisotopic (exact) mass is 755 g/mol. The maximum absolute atomic E-state index is 11.2. The molecule has 58 heavy (non-hydrogen) atoms. The van der Waals surface area contributed by atoms with Crippen LogP contribution in [-0.4, -0.2) is 22.2 Å². The summed E-state index contributed by atoms with van der Waals surface area (Å²) in [6.07, 6.45) is 12.9. The highest BCUT2D eigenvalue weighted by molar-refractivity contribution is 5.95. The number of anilines is 3. The summed E-state index contributed by atoms with van der Waals surface area (Å²) in [7, 11) is 0. The van der Waals surface area contributed by atoms with Crippen molar-refractivity contribution < 1.29 is 19.8 Å². The highest BCUT2D eigenvalue weighted by atomic mass is 16.4. The second-order valence-corrected chi connectivity index (χ2v) is 13.2. The molecule has 0 aliphatic carbocycles. The molecular formula is C51H37N3O4. The lowest BCUT2D eigenvalue weighted by Gasteiger charge is -2.26. The van der Waals surface area contributed by atoms with Crippen LogP contribution in [0.4, 0.5) is 17.1 Å². The van der Waals surface area contributed by atoms with Crippen molar-refractivity contribution in [1.82, 2.24) is 0 Å². The molecule has 0 aliphatic heterocycles. The fraction of sp³-hybridized carbons (Fsp3) is 0.0196. The van der Waals surface area contributed by atoms with Crippen LogP contribution in [0.1, 0.15) is 51.4 Å². The third-order valence-corrected chi connectivity index (χ3v) is 9.16. The van der Waals surface area contributed by atoms with Gasteiger partial charge in [-0.05, 0) is 106 Å². The summed E-state index contributed by atoms with van der Waals surface area (Å²) >= 11 is 0. The van der Waals surface area contributed by atoms with E-state index in [9.17, 15) is 9.59 Å². The summed E-state index contributed by atoms with van der Waals surface area (Å²) in [6.45, 7) is 16.2. The Hall–Kier alpha value is -8.26. The van der Waals surface area contributed by atoms with Gasteiger partial charge >= 0.3 is 11.9 Å². The average molecular weight is 756 g/mol. The lowest BCUT2D eigenvalue weighted by molar-refractivity contribution is -0.133. The zero-order valence-corrected chi connectivity index (χ0v) is 31.5. The zero-order chi connectivity index (χ0) is 40.9. The van der Waals surface area contributed by atoms with Gasteiger partial charge in [-0.2, -0.15) is 0 Å². The molecule has 0 bridgehead atoms. The van der Waals surface area contributed by atoms with Crippen molar-refractivity contribution in [3.05, 3.63) is 230 Å². The molecule has 0 radical (unpaired) electrons. The number of carboxylic acid groups (broad SMARTS) is 2. The summed E-state index contributed by atoms with van der Waals surface area (Å²) in [5, 5.41) is 18.3. The van der Waals surface area contributed by atoms with Gasteiger partial charge in [-0.3, -0.25) is 9.59 Å². The highest BCUT2D eigenvalue weighted by Crippen LogP contribution is 2.35. The predicted octanol–water partition coefficient (Wildman–Crippen LogP) is 12.7. The predicted molar refractivity (Wildman–Crippen MR) is 236 cm³/mol. The van der Waals surface area contributed by atoms with Crippen LogP contribution in [-0.2, 0) is 9.59 Å². The van der Waals surface area contributed by atoms with Gasteiger partial charge in [-0.25, -0.2) is 9.69 Å². The molecule has 0 saturated heterocycles. The minimum absolute atomic E-state index is 0.331. The molecule has 0 atom stereocenters. The maximum atomic E-state index is 11.2.